The number of fused-ring (bicyclic) bond motifs is 1. The van der Waals surface area contributed by atoms with Crippen LogP contribution < -0.4 is 15.5 Å². The molecule has 2 amide bonds. The topological polar surface area (TPSA) is 98.1 Å². The summed E-state index contributed by atoms with van der Waals surface area (Å²) in [4.78, 5) is 31.9. The molecule has 0 aliphatic heterocycles. The first-order valence-corrected chi connectivity index (χ1v) is 9.80. The average Bonchev–Trinajstić information content (AvgIpc) is 3.22. The Morgan fingerprint density at radius 3 is 2.52 bits per heavy atom. The van der Waals surface area contributed by atoms with Gasteiger partial charge in [0.25, 0.3) is 11.8 Å². The summed E-state index contributed by atoms with van der Waals surface area (Å²) in [6.07, 6.45) is 0. The average molecular weight is 415 g/mol. The van der Waals surface area contributed by atoms with Crippen molar-refractivity contribution >= 4 is 28.5 Å². The van der Waals surface area contributed by atoms with Gasteiger partial charge in [-0.05, 0) is 42.0 Å². The maximum Gasteiger partial charge on any atom is 0.265 e. The molecular weight excluding hydrogens is 394 g/mol. The van der Waals surface area contributed by atoms with Crippen molar-refractivity contribution in [3.63, 3.8) is 0 Å². The Kier molecular flexibility index (Phi) is 5.89. The number of para-hydroxylation sites is 2. The van der Waals surface area contributed by atoms with Crippen molar-refractivity contribution in [1.29, 1.82) is 0 Å². The molecule has 8 heteroatoms. The molecule has 0 unspecified atom stereocenters. The molecule has 156 valence electrons. The Morgan fingerprint density at radius 2 is 1.68 bits per heavy atom. The number of nitrogens with zero attached hydrogens (tertiary/aromatic N) is 3. The number of carbonyl (C=O) groups excluding carboxylic acids is 2. The minimum atomic E-state index is -0.420. The van der Waals surface area contributed by atoms with Crippen molar-refractivity contribution < 1.29 is 14.4 Å². The number of hydrogen-bond donors (Lipinski definition) is 2. The second kappa shape index (κ2) is 9.08. The van der Waals surface area contributed by atoms with E-state index in [2.05, 4.69) is 20.9 Å². The minimum Gasteiger partial charge on any atom is -0.385 e. The Bertz CT molecular complexity index is 1210. The van der Waals surface area contributed by atoms with Crippen LogP contribution in [0.1, 0.15) is 28.9 Å². The molecule has 1 atom stereocenters. The Hall–Kier alpha value is -4.20. The van der Waals surface area contributed by atoms with Crippen molar-refractivity contribution in [3.05, 3.63) is 90.0 Å². The fourth-order valence-corrected chi connectivity index (χ4v) is 3.14. The summed E-state index contributed by atoms with van der Waals surface area (Å²) in [5.41, 5.74) is 3.08. The molecule has 4 aromatic rings. The molecule has 3 aromatic carbocycles. The van der Waals surface area contributed by atoms with E-state index in [4.69, 9.17) is 4.84 Å². The van der Waals surface area contributed by atoms with Crippen molar-refractivity contribution in [1.82, 2.24) is 20.5 Å². The second-order valence-electron chi connectivity index (χ2n) is 6.92. The molecule has 0 aliphatic carbocycles. The van der Waals surface area contributed by atoms with Gasteiger partial charge in [0.1, 0.15) is 11.0 Å². The first-order valence-electron chi connectivity index (χ1n) is 9.80. The summed E-state index contributed by atoms with van der Waals surface area (Å²) in [6.45, 7) is 1.62. The molecule has 0 radical (unpaired) electrons. The molecule has 0 fully saturated rings. The molecular formula is C23H21N5O3. The lowest BCUT2D eigenvalue weighted by molar-refractivity contribution is -0.121. The SMILES string of the molecule is C[C@@H](NC(=O)c1ccccc1NC(=O)COn1nnc2ccccc21)c1ccccc1. The molecule has 1 aromatic heterocycles. The maximum absolute atomic E-state index is 12.8. The van der Waals surface area contributed by atoms with Crippen LogP contribution in [0, 0.1) is 0 Å². The lowest BCUT2D eigenvalue weighted by Crippen LogP contribution is -2.29. The summed E-state index contributed by atoms with van der Waals surface area (Å²) in [6, 6.07) is 23.6. The molecule has 1 heterocycles. The minimum absolute atomic E-state index is 0.179. The molecule has 31 heavy (non-hydrogen) atoms. The van der Waals surface area contributed by atoms with E-state index in [1.54, 1.807) is 36.4 Å². The zero-order chi connectivity index (χ0) is 21.6. The highest BCUT2D eigenvalue weighted by molar-refractivity contribution is 6.04. The van der Waals surface area contributed by atoms with Gasteiger partial charge in [-0.25, -0.2) is 0 Å². The number of nitrogens with one attached hydrogen (secondary N) is 2. The zero-order valence-corrected chi connectivity index (χ0v) is 16.9. The smallest absolute Gasteiger partial charge is 0.265 e. The van der Waals surface area contributed by atoms with Crippen molar-refractivity contribution in [2.24, 2.45) is 0 Å². The first-order chi connectivity index (χ1) is 15.1. The Morgan fingerprint density at radius 1 is 0.968 bits per heavy atom. The van der Waals surface area contributed by atoms with Crippen LogP contribution >= 0.6 is 0 Å². The molecule has 0 bridgehead atoms. The number of hydrogen-bond acceptors (Lipinski definition) is 5. The van der Waals surface area contributed by atoms with Crippen LogP contribution in [-0.4, -0.2) is 33.6 Å². The summed E-state index contributed by atoms with van der Waals surface area (Å²) in [7, 11) is 0. The fourth-order valence-electron chi connectivity index (χ4n) is 3.14. The monoisotopic (exact) mass is 415 g/mol. The van der Waals surface area contributed by atoms with Gasteiger partial charge in [0, 0.05) is 0 Å². The number of aromatic nitrogens is 3. The number of anilines is 1. The maximum atomic E-state index is 12.8. The van der Waals surface area contributed by atoms with Gasteiger partial charge in [-0.15, -0.1) is 5.10 Å². The van der Waals surface area contributed by atoms with Crippen LogP contribution in [-0.2, 0) is 4.79 Å². The zero-order valence-electron chi connectivity index (χ0n) is 16.9. The normalized spacial score (nSPS) is 11.6. The molecule has 0 saturated heterocycles. The van der Waals surface area contributed by atoms with Crippen molar-refractivity contribution in [2.45, 2.75) is 13.0 Å². The van der Waals surface area contributed by atoms with Crippen molar-refractivity contribution in [3.8, 4) is 0 Å². The Labute approximate surface area is 178 Å². The van der Waals surface area contributed by atoms with Gasteiger partial charge in [-0.2, -0.15) is 0 Å². The number of carbonyl (C=O) groups is 2. The van der Waals surface area contributed by atoms with E-state index in [1.165, 1.54) is 4.85 Å². The number of amides is 2. The number of benzene rings is 3. The van der Waals surface area contributed by atoms with Crippen LogP contribution in [0.4, 0.5) is 5.69 Å². The fraction of sp³-hybridized carbons (Fsp3) is 0.130. The van der Waals surface area contributed by atoms with Gasteiger partial charge in [-0.1, -0.05) is 59.4 Å². The largest absolute Gasteiger partial charge is 0.385 e. The summed E-state index contributed by atoms with van der Waals surface area (Å²) >= 11 is 0. The van der Waals surface area contributed by atoms with E-state index in [9.17, 15) is 9.59 Å². The number of rotatable bonds is 7. The summed E-state index contributed by atoms with van der Waals surface area (Å²) in [5, 5.41) is 13.5. The van der Waals surface area contributed by atoms with Crippen LogP contribution in [0.25, 0.3) is 11.0 Å². The van der Waals surface area contributed by atoms with Crippen LogP contribution in [0.5, 0.6) is 0 Å². The third-order valence-electron chi connectivity index (χ3n) is 4.73. The standard InChI is InChI=1S/C23H21N5O3/c1-16(17-9-3-2-4-10-17)24-23(30)18-11-5-6-12-19(18)25-22(29)15-31-28-21-14-8-7-13-20(21)26-27-28/h2-14,16H,15H2,1H3,(H,24,30)(H,25,29)/t16-/m1/s1. The van der Waals surface area contributed by atoms with Gasteiger partial charge in [0.05, 0.1) is 17.3 Å². The lowest BCUT2D eigenvalue weighted by atomic mass is 10.1. The predicted molar refractivity (Wildman–Crippen MR) is 116 cm³/mol. The highest BCUT2D eigenvalue weighted by Gasteiger charge is 2.16. The quantitative estimate of drug-likeness (QED) is 0.484. The molecule has 0 saturated carbocycles. The molecule has 4 rings (SSSR count). The van der Waals surface area contributed by atoms with Gasteiger partial charge in [0.2, 0.25) is 0 Å². The van der Waals surface area contributed by atoms with Gasteiger partial charge in [0.15, 0.2) is 6.61 Å². The van der Waals surface area contributed by atoms with E-state index >= 15 is 0 Å². The highest BCUT2D eigenvalue weighted by atomic mass is 16.7. The highest BCUT2D eigenvalue weighted by Crippen LogP contribution is 2.18. The predicted octanol–water partition coefficient (Wildman–Crippen LogP) is 2.99. The van der Waals surface area contributed by atoms with Crippen LogP contribution in [0.3, 0.4) is 0 Å². The lowest BCUT2D eigenvalue weighted by Gasteiger charge is -2.16. The second-order valence-corrected chi connectivity index (χ2v) is 6.92. The van der Waals surface area contributed by atoms with E-state index in [1.807, 2.05) is 49.4 Å². The van der Waals surface area contributed by atoms with Crippen LogP contribution in [0.15, 0.2) is 78.9 Å². The van der Waals surface area contributed by atoms with Gasteiger partial charge in [-0.3, -0.25) is 9.59 Å². The first kappa shape index (κ1) is 20.1. The van der Waals surface area contributed by atoms with E-state index < -0.39 is 5.91 Å². The van der Waals surface area contributed by atoms with Gasteiger partial charge >= 0.3 is 0 Å². The third-order valence-corrected chi connectivity index (χ3v) is 4.73. The Balaban J connectivity index is 1.40. The van der Waals surface area contributed by atoms with Crippen molar-refractivity contribution in [2.75, 3.05) is 11.9 Å². The van der Waals surface area contributed by atoms with E-state index in [-0.39, 0.29) is 18.6 Å². The van der Waals surface area contributed by atoms with Crippen LogP contribution in [0.2, 0.25) is 0 Å². The third kappa shape index (κ3) is 4.69. The summed E-state index contributed by atoms with van der Waals surface area (Å²) in [5.74, 6) is -0.702. The van der Waals surface area contributed by atoms with E-state index in [0.29, 0.717) is 22.3 Å². The molecule has 2 N–H and O–H groups in total. The summed E-state index contributed by atoms with van der Waals surface area (Å²) < 4.78 is 0. The van der Waals surface area contributed by atoms with Gasteiger partial charge < -0.3 is 15.5 Å². The molecule has 0 aliphatic rings. The van der Waals surface area contributed by atoms with E-state index in [0.717, 1.165) is 5.56 Å². The molecule has 8 nitrogen and oxygen atoms in total. The molecule has 0 spiro atoms.